The van der Waals surface area contributed by atoms with Gasteiger partial charge >= 0.3 is 6.09 Å². The molecule has 1 aliphatic rings. The smallest absolute Gasteiger partial charge is 0.410 e. The summed E-state index contributed by atoms with van der Waals surface area (Å²) in [5.41, 5.74) is 1.62. The maximum Gasteiger partial charge on any atom is 0.416 e. The normalized spacial score (nSPS) is 13.9. The predicted octanol–water partition coefficient (Wildman–Crippen LogP) is 2.64. The van der Waals surface area contributed by atoms with Crippen molar-refractivity contribution >= 4 is 17.7 Å². The lowest BCUT2D eigenvalue weighted by atomic mass is 10.2. The van der Waals surface area contributed by atoms with Crippen LogP contribution in [0.5, 0.6) is 5.75 Å². The van der Waals surface area contributed by atoms with Crippen molar-refractivity contribution in [2.75, 3.05) is 11.9 Å². The van der Waals surface area contributed by atoms with Crippen LogP contribution in [-0.4, -0.2) is 23.4 Å². The number of carbonyl (C=O) groups is 2. The highest BCUT2D eigenvalue weighted by Crippen LogP contribution is 2.21. The molecule has 3 rings (SSSR count). The second-order valence-corrected chi connectivity index (χ2v) is 4.74. The van der Waals surface area contributed by atoms with Gasteiger partial charge in [-0.1, -0.05) is 36.4 Å². The van der Waals surface area contributed by atoms with Gasteiger partial charge in [0.15, 0.2) is 0 Å². The number of fused-ring (bicyclic) bond motifs is 1. The zero-order valence-corrected chi connectivity index (χ0v) is 11.3. The van der Waals surface area contributed by atoms with E-state index in [1.807, 2.05) is 30.3 Å². The monoisotopic (exact) mass is 282 g/mol. The number of hydrogen-bond donors (Lipinski definition) is 1. The Kier molecular flexibility index (Phi) is 3.55. The number of benzene rings is 2. The molecule has 0 saturated carbocycles. The van der Waals surface area contributed by atoms with Gasteiger partial charge in [0.25, 0.3) is 0 Å². The standard InChI is InChI=1S/C16H14N2O3/c19-15-11-18(10-12-6-4-5-9-14(12)17-15)16(20)21-13-7-2-1-3-8-13/h1-9H,10-11H2,(H,17,19). The topological polar surface area (TPSA) is 58.6 Å². The molecule has 0 radical (unpaired) electrons. The highest BCUT2D eigenvalue weighted by molar-refractivity contribution is 5.95. The van der Waals surface area contributed by atoms with Crippen LogP contribution in [0.25, 0.3) is 0 Å². The summed E-state index contributed by atoms with van der Waals surface area (Å²) in [6.07, 6.45) is -0.534. The summed E-state index contributed by atoms with van der Waals surface area (Å²) in [5, 5.41) is 2.78. The van der Waals surface area contributed by atoms with E-state index in [9.17, 15) is 9.59 Å². The number of nitrogens with zero attached hydrogens (tertiary/aromatic N) is 1. The Bertz CT molecular complexity index is 670. The molecule has 2 aromatic carbocycles. The molecule has 5 heteroatoms. The van der Waals surface area contributed by atoms with Gasteiger partial charge in [-0.3, -0.25) is 9.69 Å². The molecule has 0 aliphatic carbocycles. The van der Waals surface area contributed by atoms with Crippen LogP contribution in [0.2, 0.25) is 0 Å². The van der Waals surface area contributed by atoms with Crippen LogP contribution in [-0.2, 0) is 11.3 Å². The highest BCUT2D eigenvalue weighted by atomic mass is 16.6. The molecule has 5 nitrogen and oxygen atoms in total. The average molecular weight is 282 g/mol. The largest absolute Gasteiger partial charge is 0.416 e. The molecular formula is C16H14N2O3. The minimum atomic E-state index is -0.534. The summed E-state index contributed by atoms with van der Waals surface area (Å²) in [6.45, 7) is 0.306. The summed E-state index contributed by atoms with van der Waals surface area (Å²) in [6, 6.07) is 16.2. The van der Waals surface area contributed by atoms with Crippen LogP contribution in [0.1, 0.15) is 5.56 Å². The van der Waals surface area contributed by atoms with Crippen molar-refractivity contribution in [2.45, 2.75) is 6.54 Å². The molecule has 21 heavy (non-hydrogen) atoms. The zero-order valence-electron chi connectivity index (χ0n) is 11.3. The Morgan fingerprint density at radius 2 is 1.71 bits per heavy atom. The molecule has 0 saturated heterocycles. The van der Waals surface area contributed by atoms with Crippen molar-refractivity contribution in [3.05, 3.63) is 60.2 Å². The van der Waals surface area contributed by atoms with Crippen molar-refractivity contribution in [3.63, 3.8) is 0 Å². The quantitative estimate of drug-likeness (QED) is 0.874. The average Bonchev–Trinajstić information content (AvgIpc) is 2.66. The van der Waals surface area contributed by atoms with Gasteiger partial charge in [0.1, 0.15) is 12.3 Å². The Hall–Kier alpha value is -2.82. The molecule has 0 atom stereocenters. The van der Waals surface area contributed by atoms with Crippen LogP contribution in [0, 0.1) is 0 Å². The maximum atomic E-state index is 12.2. The molecular weight excluding hydrogens is 268 g/mol. The highest BCUT2D eigenvalue weighted by Gasteiger charge is 2.24. The fourth-order valence-corrected chi connectivity index (χ4v) is 2.19. The van der Waals surface area contributed by atoms with Crippen molar-refractivity contribution < 1.29 is 14.3 Å². The summed E-state index contributed by atoms with van der Waals surface area (Å²) >= 11 is 0. The van der Waals surface area contributed by atoms with E-state index in [2.05, 4.69) is 5.32 Å². The molecule has 1 N–H and O–H groups in total. The zero-order chi connectivity index (χ0) is 14.7. The number of para-hydroxylation sites is 2. The molecule has 0 fully saturated rings. The number of rotatable bonds is 1. The predicted molar refractivity (Wildman–Crippen MR) is 77.9 cm³/mol. The van der Waals surface area contributed by atoms with Crippen LogP contribution in [0.15, 0.2) is 54.6 Å². The lowest BCUT2D eigenvalue weighted by Gasteiger charge is -2.18. The van der Waals surface area contributed by atoms with Crippen molar-refractivity contribution in [1.82, 2.24) is 4.90 Å². The SMILES string of the molecule is O=C1CN(C(=O)Oc2ccccc2)Cc2ccccc2N1. The Morgan fingerprint density at radius 3 is 2.52 bits per heavy atom. The van der Waals surface area contributed by atoms with E-state index >= 15 is 0 Å². The molecule has 1 aliphatic heterocycles. The van der Waals surface area contributed by atoms with E-state index in [4.69, 9.17) is 4.74 Å². The van der Waals surface area contributed by atoms with Crippen molar-refractivity contribution in [2.24, 2.45) is 0 Å². The van der Waals surface area contributed by atoms with Crippen molar-refractivity contribution in [1.29, 1.82) is 0 Å². The fourth-order valence-electron chi connectivity index (χ4n) is 2.19. The first-order valence-electron chi connectivity index (χ1n) is 6.62. The number of ether oxygens (including phenoxy) is 1. The summed E-state index contributed by atoms with van der Waals surface area (Å²) < 4.78 is 5.28. The maximum absolute atomic E-state index is 12.2. The molecule has 1 heterocycles. The third kappa shape index (κ3) is 3.02. The molecule has 0 spiro atoms. The lowest BCUT2D eigenvalue weighted by molar-refractivity contribution is -0.116. The number of nitrogens with one attached hydrogen (secondary N) is 1. The minimum Gasteiger partial charge on any atom is -0.410 e. The number of carbonyl (C=O) groups excluding carboxylic acids is 2. The number of anilines is 1. The van der Waals surface area contributed by atoms with Crippen molar-refractivity contribution in [3.8, 4) is 5.75 Å². The molecule has 0 bridgehead atoms. The molecule has 0 aromatic heterocycles. The summed E-state index contributed by atoms with van der Waals surface area (Å²) in [4.78, 5) is 25.4. The van der Waals surface area contributed by atoms with Gasteiger partial charge in [0.05, 0.1) is 6.54 Å². The van der Waals surface area contributed by atoms with Gasteiger partial charge < -0.3 is 10.1 Å². The second-order valence-electron chi connectivity index (χ2n) is 4.74. The van der Waals surface area contributed by atoms with E-state index in [-0.39, 0.29) is 12.5 Å². The second kappa shape index (κ2) is 5.66. The molecule has 106 valence electrons. The Morgan fingerprint density at radius 1 is 1.00 bits per heavy atom. The Balaban J connectivity index is 1.79. The van der Waals surface area contributed by atoms with E-state index in [1.54, 1.807) is 24.3 Å². The van der Waals surface area contributed by atoms with E-state index in [0.717, 1.165) is 11.3 Å². The van der Waals surface area contributed by atoms with E-state index in [0.29, 0.717) is 12.3 Å². The first-order chi connectivity index (χ1) is 10.2. The summed E-state index contributed by atoms with van der Waals surface area (Å²) in [7, 11) is 0. The first-order valence-corrected chi connectivity index (χ1v) is 6.62. The molecule has 2 amide bonds. The van der Waals surface area contributed by atoms with E-state index < -0.39 is 6.09 Å². The van der Waals surface area contributed by atoms with Crippen LogP contribution in [0.3, 0.4) is 0 Å². The summed E-state index contributed by atoms with van der Waals surface area (Å²) in [5.74, 6) is 0.227. The lowest BCUT2D eigenvalue weighted by Crippen LogP contribution is -2.37. The van der Waals surface area contributed by atoms with Crippen LogP contribution >= 0.6 is 0 Å². The van der Waals surface area contributed by atoms with Crippen LogP contribution < -0.4 is 10.1 Å². The third-order valence-corrected chi connectivity index (χ3v) is 3.19. The van der Waals surface area contributed by atoms with Gasteiger partial charge in [-0.25, -0.2) is 4.79 Å². The van der Waals surface area contributed by atoms with Gasteiger partial charge in [0, 0.05) is 5.69 Å². The number of hydrogen-bond acceptors (Lipinski definition) is 3. The minimum absolute atomic E-state index is 0.0274. The molecule has 2 aromatic rings. The van der Waals surface area contributed by atoms with Gasteiger partial charge in [-0.15, -0.1) is 0 Å². The number of amides is 2. The first kappa shape index (κ1) is 13.2. The van der Waals surface area contributed by atoms with Gasteiger partial charge in [-0.2, -0.15) is 0 Å². The van der Waals surface area contributed by atoms with Gasteiger partial charge in [0.2, 0.25) is 5.91 Å². The fraction of sp³-hybridized carbons (Fsp3) is 0.125. The Labute approximate surface area is 122 Å². The van der Waals surface area contributed by atoms with Crippen LogP contribution in [0.4, 0.5) is 10.5 Å². The van der Waals surface area contributed by atoms with E-state index in [1.165, 1.54) is 4.90 Å². The molecule has 0 unspecified atom stereocenters. The van der Waals surface area contributed by atoms with Gasteiger partial charge in [-0.05, 0) is 23.8 Å². The third-order valence-electron chi connectivity index (χ3n) is 3.19.